The van der Waals surface area contributed by atoms with E-state index in [1.54, 1.807) is 0 Å². The fourth-order valence-corrected chi connectivity index (χ4v) is 5.21. The first kappa shape index (κ1) is 25.6. The van der Waals surface area contributed by atoms with E-state index >= 15 is 0 Å². The van der Waals surface area contributed by atoms with E-state index in [4.69, 9.17) is 9.72 Å². The number of nitrogens with zero attached hydrogens (tertiary/aromatic N) is 1. The molecule has 0 spiro atoms. The molecule has 3 rings (SSSR count). The summed E-state index contributed by atoms with van der Waals surface area (Å²) in [6, 6.07) is 3.38. The molecule has 1 aromatic heterocycles. The molecule has 2 aliphatic carbocycles. The average Bonchev–Trinajstić information content (AvgIpc) is 2.72. The third-order valence-electron chi connectivity index (χ3n) is 6.55. The molecule has 2 aliphatic rings. The van der Waals surface area contributed by atoms with Crippen molar-refractivity contribution in [1.82, 2.24) is 10.3 Å². The fraction of sp³-hybridized carbons (Fsp3) is 0.708. The molecule has 33 heavy (non-hydrogen) atoms. The summed E-state index contributed by atoms with van der Waals surface area (Å²) in [5, 5.41) is 11.8. The van der Waals surface area contributed by atoms with E-state index in [0.29, 0.717) is 5.92 Å². The zero-order valence-electron chi connectivity index (χ0n) is 19.4. The quantitative estimate of drug-likeness (QED) is 0.445. The summed E-state index contributed by atoms with van der Waals surface area (Å²) in [4.78, 5) is 28.2. The minimum absolute atomic E-state index is 0.0128. The Morgan fingerprint density at radius 2 is 2.00 bits per heavy atom. The van der Waals surface area contributed by atoms with Gasteiger partial charge in [-0.05, 0) is 75.3 Å². The van der Waals surface area contributed by atoms with Crippen LogP contribution in [0.25, 0.3) is 0 Å². The van der Waals surface area contributed by atoms with Crippen molar-refractivity contribution in [2.75, 3.05) is 18.6 Å². The summed E-state index contributed by atoms with van der Waals surface area (Å²) >= 11 is 0. The molecule has 1 unspecified atom stereocenters. The molecule has 1 aromatic rings. The number of carboxylic acids is 1. The van der Waals surface area contributed by atoms with Gasteiger partial charge in [-0.25, -0.2) is 13.2 Å². The van der Waals surface area contributed by atoms with Crippen molar-refractivity contribution in [3.8, 4) is 0 Å². The summed E-state index contributed by atoms with van der Waals surface area (Å²) < 4.78 is 28.1. The number of fused-ring (bicyclic) bond motifs is 1. The second-order valence-corrected chi connectivity index (χ2v) is 11.7. The van der Waals surface area contributed by atoms with Crippen LogP contribution in [0.1, 0.15) is 68.3 Å². The Hall–Kier alpha value is -2.00. The van der Waals surface area contributed by atoms with Gasteiger partial charge >= 0.3 is 5.97 Å². The molecule has 1 heterocycles. The highest BCUT2D eigenvalue weighted by atomic mass is 32.2. The maximum absolute atomic E-state index is 11.9. The highest BCUT2D eigenvalue weighted by molar-refractivity contribution is 7.90. The smallest absolute Gasteiger partial charge is 0.326 e. The van der Waals surface area contributed by atoms with Crippen LogP contribution in [0.15, 0.2) is 12.1 Å². The number of hydrogen-bond acceptors (Lipinski definition) is 6. The number of hydrogen-bond donors (Lipinski definition) is 2. The lowest BCUT2D eigenvalue weighted by Gasteiger charge is -2.35. The topological polar surface area (TPSA) is 123 Å². The van der Waals surface area contributed by atoms with E-state index in [1.165, 1.54) is 29.8 Å². The number of aliphatic carboxylic acids is 1. The van der Waals surface area contributed by atoms with Crippen LogP contribution in [0.2, 0.25) is 0 Å². The number of ether oxygens (including phenoxy) is 1. The third kappa shape index (κ3) is 8.70. The predicted octanol–water partition coefficient (Wildman–Crippen LogP) is 2.47. The molecule has 9 heteroatoms. The second kappa shape index (κ2) is 11.9. The Morgan fingerprint density at radius 3 is 2.73 bits per heavy atom. The number of aromatic nitrogens is 1. The van der Waals surface area contributed by atoms with Gasteiger partial charge in [0.1, 0.15) is 15.9 Å². The largest absolute Gasteiger partial charge is 0.480 e. The summed E-state index contributed by atoms with van der Waals surface area (Å²) in [7, 11) is -3.13. The van der Waals surface area contributed by atoms with E-state index in [-0.39, 0.29) is 37.7 Å². The minimum atomic E-state index is -3.13. The maximum atomic E-state index is 11.9. The monoisotopic (exact) mass is 480 g/mol. The molecule has 184 valence electrons. The fourth-order valence-electron chi connectivity index (χ4n) is 4.54. The molecule has 1 saturated carbocycles. The van der Waals surface area contributed by atoms with E-state index in [9.17, 15) is 23.1 Å². The number of sulfone groups is 1. The summed E-state index contributed by atoms with van der Waals surface area (Å²) in [5.74, 6) is -1.05. The van der Waals surface area contributed by atoms with E-state index < -0.39 is 27.8 Å². The van der Waals surface area contributed by atoms with Gasteiger partial charge in [0.05, 0.1) is 11.9 Å². The summed E-state index contributed by atoms with van der Waals surface area (Å²) in [6.45, 7) is 0.268. The zero-order valence-corrected chi connectivity index (χ0v) is 20.2. The van der Waals surface area contributed by atoms with Gasteiger partial charge < -0.3 is 15.2 Å². The zero-order chi connectivity index (χ0) is 23.8. The Balaban J connectivity index is 1.29. The van der Waals surface area contributed by atoms with Gasteiger partial charge in [-0.3, -0.25) is 9.78 Å². The van der Waals surface area contributed by atoms with E-state index in [2.05, 4.69) is 17.4 Å². The molecule has 1 atom stereocenters. The first-order valence-corrected chi connectivity index (χ1v) is 14.0. The van der Waals surface area contributed by atoms with Crippen molar-refractivity contribution >= 4 is 21.7 Å². The van der Waals surface area contributed by atoms with Gasteiger partial charge in [-0.2, -0.15) is 0 Å². The lowest BCUT2D eigenvalue weighted by atomic mass is 9.79. The molecule has 0 aliphatic heterocycles. The molecule has 8 nitrogen and oxygen atoms in total. The number of carbonyl (C=O) groups excluding carboxylic acids is 1. The molecule has 1 amide bonds. The first-order chi connectivity index (χ1) is 15.7. The van der Waals surface area contributed by atoms with Crippen LogP contribution in [-0.2, 0) is 43.4 Å². The molecular weight excluding hydrogens is 444 g/mol. The predicted molar refractivity (Wildman–Crippen MR) is 125 cm³/mol. The molecule has 2 N–H and O–H groups in total. The Labute approximate surface area is 196 Å². The number of amides is 1. The van der Waals surface area contributed by atoms with Crippen LogP contribution >= 0.6 is 0 Å². The van der Waals surface area contributed by atoms with Gasteiger partial charge in [0.15, 0.2) is 0 Å². The van der Waals surface area contributed by atoms with E-state index in [1.807, 2.05) is 0 Å². The second-order valence-electron chi connectivity index (χ2n) is 9.46. The van der Waals surface area contributed by atoms with Crippen molar-refractivity contribution < 1.29 is 27.9 Å². The van der Waals surface area contributed by atoms with Crippen molar-refractivity contribution in [2.45, 2.75) is 82.8 Å². The van der Waals surface area contributed by atoms with Crippen LogP contribution in [0.4, 0.5) is 0 Å². The molecule has 0 radical (unpaired) electrons. The molecular formula is C24H36N2O6S. The van der Waals surface area contributed by atoms with Gasteiger partial charge in [0.2, 0.25) is 5.91 Å². The highest BCUT2D eigenvalue weighted by Crippen LogP contribution is 2.34. The van der Waals surface area contributed by atoms with Crippen LogP contribution in [0, 0.1) is 5.92 Å². The first-order valence-electron chi connectivity index (χ1n) is 12.0. The Kier molecular flexibility index (Phi) is 9.26. The Bertz CT molecular complexity index is 927. The molecule has 1 fully saturated rings. The summed E-state index contributed by atoms with van der Waals surface area (Å²) in [6.07, 6.45) is 10.4. The van der Waals surface area contributed by atoms with Gasteiger partial charge in [-0.15, -0.1) is 0 Å². The number of aryl methyl sites for hydroxylation is 3. The number of rotatable bonds is 13. The van der Waals surface area contributed by atoms with Crippen LogP contribution in [-0.4, -0.2) is 61.1 Å². The SMILES string of the molecule is CS(=O)(=O)CCCC(=O)NC(CCOC1CC(CCc2ccc3c(n2)CCCC3)C1)C(=O)O. The molecule has 0 aromatic carbocycles. The minimum Gasteiger partial charge on any atom is -0.480 e. The van der Waals surface area contributed by atoms with Gasteiger partial charge in [-0.1, -0.05) is 6.07 Å². The highest BCUT2D eigenvalue weighted by Gasteiger charge is 2.30. The van der Waals surface area contributed by atoms with Crippen LogP contribution in [0.5, 0.6) is 0 Å². The van der Waals surface area contributed by atoms with Gasteiger partial charge in [0, 0.05) is 37.1 Å². The van der Waals surface area contributed by atoms with Crippen LogP contribution < -0.4 is 5.32 Å². The number of carbonyl (C=O) groups is 2. The third-order valence-corrected chi connectivity index (χ3v) is 7.58. The number of pyridine rings is 1. The van der Waals surface area contributed by atoms with Crippen molar-refractivity contribution in [2.24, 2.45) is 5.92 Å². The van der Waals surface area contributed by atoms with Gasteiger partial charge in [0.25, 0.3) is 0 Å². The normalized spacial score (nSPS) is 21.0. The van der Waals surface area contributed by atoms with Crippen LogP contribution in [0.3, 0.4) is 0 Å². The number of nitrogens with one attached hydrogen (secondary N) is 1. The average molecular weight is 481 g/mol. The number of carboxylic acid groups (broad SMARTS) is 1. The molecule has 0 saturated heterocycles. The molecule has 0 bridgehead atoms. The van der Waals surface area contributed by atoms with Crippen molar-refractivity contribution in [3.05, 3.63) is 29.1 Å². The summed E-state index contributed by atoms with van der Waals surface area (Å²) in [5.41, 5.74) is 3.87. The van der Waals surface area contributed by atoms with Crippen molar-refractivity contribution in [1.29, 1.82) is 0 Å². The lowest BCUT2D eigenvalue weighted by molar-refractivity contribution is -0.142. The Morgan fingerprint density at radius 1 is 1.24 bits per heavy atom. The van der Waals surface area contributed by atoms with Crippen molar-refractivity contribution in [3.63, 3.8) is 0 Å². The maximum Gasteiger partial charge on any atom is 0.326 e. The van der Waals surface area contributed by atoms with E-state index in [0.717, 1.165) is 44.8 Å². The lowest BCUT2D eigenvalue weighted by Crippen LogP contribution is -2.42. The standard InChI is InChI=1S/C24H36N2O6S/c1-33(30,31)14-4-7-23(27)26-22(24(28)29)12-13-32-20-15-17(16-20)8-10-19-11-9-18-5-2-3-6-21(18)25-19/h9,11,17,20,22H,2-8,10,12-16H2,1H3,(H,26,27)(H,28,29).